The lowest BCUT2D eigenvalue weighted by Crippen LogP contribution is -2.28. The van der Waals surface area contributed by atoms with E-state index in [0.717, 1.165) is 31.0 Å². The van der Waals surface area contributed by atoms with Crippen LogP contribution in [0.1, 0.15) is 23.2 Å². The third kappa shape index (κ3) is 4.02. The summed E-state index contributed by atoms with van der Waals surface area (Å²) in [6, 6.07) is 6.57. The Kier molecular flexibility index (Phi) is 5.31. The van der Waals surface area contributed by atoms with Crippen molar-refractivity contribution < 1.29 is 26.7 Å². The van der Waals surface area contributed by atoms with Gasteiger partial charge in [0, 0.05) is 19.2 Å². The van der Waals surface area contributed by atoms with Gasteiger partial charge in [-0.05, 0) is 43.2 Å². The zero-order valence-electron chi connectivity index (χ0n) is 14.5. The highest BCUT2D eigenvalue weighted by Crippen LogP contribution is 2.27. The summed E-state index contributed by atoms with van der Waals surface area (Å²) in [6.45, 7) is 1.21. The van der Waals surface area contributed by atoms with Crippen molar-refractivity contribution >= 4 is 21.6 Å². The Morgan fingerprint density at radius 3 is 2.41 bits per heavy atom. The van der Waals surface area contributed by atoms with Crippen LogP contribution >= 0.6 is 0 Å². The Bertz CT molecular complexity index is 973. The summed E-state index contributed by atoms with van der Waals surface area (Å²) in [6.07, 6.45) is 1.79. The maximum Gasteiger partial charge on any atom is 0.261 e. The highest BCUT2D eigenvalue weighted by molar-refractivity contribution is 7.92. The van der Waals surface area contributed by atoms with E-state index in [9.17, 15) is 22.0 Å². The SMILES string of the molecule is COc1ccc(S(=O)(=O)Nc2ccc(F)c(F)c2)cc1C(=O)N1CCCC1. The number of carbonyl (C=O) groups excluding carboxylic acids is 1. The Labute approximate surface area is 155 Å². The minimum absolute atomic E-state index is 0.128. The van der Waals surface area contributed by atoms with E-state index in [4.69, 9.17) is 4.74 Å². The van der Waals surface area contributed by atoms with Crippen LogP contribution in [0.15, 0.2) is 41.3 Å². The molecule has 2 aromatic carbocycles. The topological polar surface area (TPSA) is 75.7 Å². The van der Waals surface area contributed by atoms with E-state index in [-0.39, 0.29) is 27.8 Å². The van der Waals surface area contributed by atoms with Gasteiger partial charge in [-0.2, -0.15) is 0 Å². The summed E-state index contributed by atoms with van der Waals surface area (Å²) >= 11 is 0. The number of likely N-dealkylation sites (tertiary alicyclic amines) is 1. The lowest BCUT2D eigenvalue weighted by Gasteiger charge is -2.18. The third-order valence-electron chi connectivity index (χ3n) is 4.28. The molecule has 0 radical (unpaired) electrons. The van der Waals surface area contributed by atoms with Gasteiger partial charge in [0.05, 0.1) is 23.3 Å². The molecule has 0 spiro atoms. The maximum atomic E-state index is 13.3. The van der Waals surface area contributed by atoms with E-state index in [1.165, 1.54) is 25.3 Å². The van der Waals surface area contributed by atoms with Gasteiger partial charge in [-0.25, -0.2) is 17.2 Å². The molecule has 0 aliphatic carbocycles. The third-order valence-corrected chi connectivity index (χ3v) is 5.66. The number of nitrogens with one attached hydrogen (secondary N) is 1. The van der Waals surface area contributed by atoms with Crippen LogP contribution in [0.4, 0.5) is 14.5 Å². The summed E-state index contributed by atoms with van der Waals surface area (Å²) in [5, 5.41) is 0. The zero-order chi connectivity index (χ0) is 19.6. The van der Waals surface area contributed by atoms with Crippen molar-refractivity contribution in [1.29, 1.82) is 0 Å². The van der Waals surface area contributed by atoms with Crippen molar-refractivity contribution in [1.82, 2.24) is 4.90 Å². The minimum atomic E-state index is -4.11. The van der Waals surface area contributed by atoms with E-state index < -0.39 is 21.7 Å². The summed E-state index contributed by atoms with van der Waals surface area (Å²) in [5.41, 5.74) is 0.00435. The number of hydrogen-bond donors (Lipinski definition) is 1. The molecule has 6 nitrogen and oxygen atoms in total. The first-order chi connectivity index (χ1) is 12.8. The average Bonchev–Trinajstić information content (AvgIpc) is 3.18. The minimum Gasteiger partial charge on any atom is -0.496 e. The summed E-state index contributed by atoms with van der Waals surface area (Å²) in [5.74, 6) is -2.30. The molecule has 1 fully saturated rings. The molecule has 1 aliphatic rings. The van der Waals surface area contributed by atoms with Gasteiger partial charge in [0.2, 0.25) is 0 Å². The number of nitrogens with zero attached hydrogens (tertiary/aromatic N) is 1. The molecule has 1 saturated heterocycles. The largest absolute Gasteiger partial charge is 0.496 e. The normalized spacial score (nSPS) is 14.3. The number of amides is 1. The highest BCUT2D eigenvalue weighted by atomic mass is 32.2. The van der Waals surface area contributed by atoms with Gasteiger partial charge in [0.1, 0.15) is 5.75 Å². The number of sulfonamides is 1. The molecular weight excluding hydrogens is 378 g/mol. The zero-order valence-corrected chi connectivity index (χ0v) is 15.4. The van der Waals surface area contributed by atoms with Crippen LogP contribution in [0.5, 0.6) is 5.75 Å². The number of carbonyl (C=O) groups is 1. The highest BCUT2D eigenvalue weighted by Gasteiger charge is 2.25. The molecule has 0 saturated carbocycles. The molecular formula is C18H18F2N2O4S. The summed E-state index contributed by atoms with van der Waals surface area (Å²) in [7, 11) is -2.72. The molecule has 1 N–H and O–H groups in total. The molecule has 0 aromatic heterocycles. The van der Waals surface area contributed by atoms with Gasteiger partial charge in [-0.1, -0.05) is 0 Å². The number of benzene rings is 2. The number of anilines is 1. The van der Waals surface area contributed by atoms with Crippen LogP contribution in [0.3, 0.4) is 0 Å². The second kappa shape index (κ2) is 7.51. The Morgan fingerprint density at radius 1 is 1.07 bits per heavy atom. The van der Waals surface area contributed by atoms with Crippen LogP contribution in [-0.2, 0) is 10.0 Å². The molecule has 0 bridgehead atoms. The van der Waals surface area contributed by atoms with Crippen molar-refractivity contribution in [3.8, 4) is 5.75 Å². The summed E-state index contributed by atoms with van der Waals surface area (Å²) in [4.78, 5) is 14.1. The second-order valence-corrected chi connectivity index (χ2v) is 7.78. The van der Waals surface area contributed by atoms with Crippen molar-refractivity contribution in [3.05, 3.63) is 53.6 Å². The lowest BCUT2D eigenvalue weighted by molar-refractivity contribution is 0.0789. The van der Waals surface area contributed by atoms with Crippen LogP contribution in [0.25, 0.3) is 0 Å². The molecule has 1 aliphatic heterocycles. The molecule has 2 aromatic rings. The maximum absolute atomic E-state index is 13.3. The van der Waals surface area contributed by atoms with Gasteiger partial charge in [0.25, 0.3) is 15.9 Å². The van der Waals surface area contributed by atoms with E-state index in [2.05, 4.69) is 4.72 Å². The standard InChI is InChI=1S/C18H18F2N2O4S/c1-26-17-7-5-13(11-14(17)18(23)22-8-2-3-9-22)27(24,25)21-12-4-6-15(19)16(20)10-12/h4-7,10-11,21H,2-3,8-9H2,1H3. The molecule has 9 heteroatoms. The monoisotopic (exact) mass is 396 g/mol. The van der Waals surface area contributed by atoms with Crippen LogP contribution in [-0.4, -0.2) is 39.4 Å². The second-order valence-electron chi connectivity index (χ2n) is 6.10. The van der Waals surface area contributed by atoms with Crippen LogP contribution in [0, 0.1) is 11.6 Å². The molecule has 0 unspecified atom stereocenters. The predicted molar refractivity (Wildman–Crippen MR) is 95.3 cm³/mol. The number of ether oxygens (including phenoxy) is 1. The van der Waals surface area contributed by atoms with Gasteiger partial charge in [-0.15, -0.1) is 0 Å². The smallest absolute Gasteiger partial charge is 0.261 e. The average molecular weight is 396 g/mol. The fourth-order valence-electron chi connectivity index (χ4n) is 2.89. The number of methoxy groups -OCH3 is 1. The van der Waals surface area contributed by atoms with E-state index in [1.807, 2.05) is 0 Å². The molecule has 3 rings (SSSR count). The fourth-order valence-corrected chi connectivity index (χ4v) is 3.96. The molecule has 144 valence electrons. The summed E-state index contributed by atoms with van der Waals surface area (Å²) < 4.78 is 58.9. The van der Waals surface area contributed by atoms with E-state index in [0.29, 0.717) is 13.1 Å². The first-order valence-corrected chi connectivity index (χ1v) is 9.75. The molecule has 27 heavy (non-hydrogen) atoms. The van der Waals surface area contributed by atoms with Crippen LogP contribution < -0.4 is 9.46 Å². The number of hydrogen-bond acceptors (Lipinski definition) is 4. The fraction of sp³-hybridized carbons (Fsp3) is 0.278. The number of rotatable bonds is 5. The lowest BCUT2D eigenvalue weighted by atomic mass is 10.1. The van der Waals surface area contributed by atoms with Gasteiger partial charge in [0.15, 0.2) is 11.6 Å². The quantitative estimate of drug-likeness (QED) is 0.843. The van der Waals surface area contributed by atoms with Gasteiger partial charge < -0.3 is 9.64 Å². The molecule has 1 heterocycles. The molecule has 0 atom stereocenters. The van der Waals surface area contributed by atoms with Crippen LogP contribution in [0.2, 0.25) is 0 Å². The predicted octanol–water partition coefficient (Wildman–Crippen LogP) is 3.01. The first-order valence-electron chi connectivity index (χ1n) is 8.27. The molecule has 1 amide bonds. The Morgan fingerprint density at radius 2 is 1.78 bits per heavy atom. The van der Waals surface area contributed by atoms with Crippen molar-refractivity contribution in [2.24, 2.45) is 0 Å². The number of halogens is 2. The van der Waals surface area contributed by atoms with E-state index in [1.54, 1.807) is 4.90 Å². The van der Waals surface area contributed by atoms with Crippen molar-refractivity contribution in [3.63, 3.8) is 0 Å². The Hall–Kier alpha value is -2.68. The van der Waals surface area contributed by atoms with Gasteiger partial charge in [-0.3, -0.25) is 9.52 Å². The van der Waals surface area contributed by atoms with Gasteiger partial charge >= 0.3 is 0 Å². The van der Waals surface area contributed by atoms with E-state index >= 15 is 0 Å². The Balaban J connectivity index is 1.94. The van der Waals surface area contributed by atoms with Crippen molar-refractivity contribution in [2.45, 2.75) is 17.7 Å². The first kappa shape index (κ1) is 19.1. The van der Waals surface area contributed by atoms with Crippen molar-refractivity contribution in [2.75, 3.05) is 24.9 Å².